The van der Waals surface area contributed by atoms with Gasteiger partial charge in [0.2, 0.25) is 5.91 Å². The van der Waals surface area contributed by atoms with Crippen molar-refractivity contribution in [1.82, 2.24) is 14.7 Å². The fraction of sp³-hybridized carbons (Fsp3) is 0.517. The van der Waals surface area contributed by atoms with Crippen LogP contribution in [0.5, 0.6) is 11.5 Å². The molecule has 0 bridgehead atoms. The van der Waals surface area contributed by atoms with Gasteiger partial charge in [-0.25, -0.2) is 4.39 Å². The number of benzene rings is 2. The highest BCUT2D eigenvalue weighted by molar-refractivity contribution is 5.95. The number of carbonyl (C=O) groups is 2. The van der Waals surface area contributed by atoms with Crippen LogP contribution < -0.4 is 9.47 Å². The fourth-order valence-electron chi connectivity index (χ4n) is 5.24. The topological polar surface area (TPSA) is 62.3 Å². The SMILES string of the molecule is COc1cc(OC)cc(C(=O)N2CCN(CCN(Cc3ccc(F)cc3)C(=O)C3CCCCC3)CC2)c1. The van der Waals surface area contributed by atoms with E-state index in [1.165, 1.54) is 18.6 Å². The minimum atomic E-state index is -0.270. The van der Waals surface area contributed by atoms with Crippen molar-refractivity contribution in [2.24, 2.45) is 5.92 Å². The molecule has 200 valence electrons. The second kappa shape index (κ2) is 12.9. The van der Waals surface area contributed by atoms with Crippen molar-refractivity contribution in [2.75, 3.05) is 53.5 Å². The number of rotatable bonds is 9. The Morgan fingerprint density at radius 1 is 0.919 bits per heavy atom. The molecule has 8 heteroatoms. The van der Waals surface area contributed by atoms with Gasteiger partial charge in [0, 0.05) is 63.4 Å². The van der Waals surface area contributed by atoms with Gasteiger partial charge in [0.15, 0.2) is 0 Å². The monoisotopic (exact) mass is 511 g/mol. The van der Waals surface area contributed by atoms with Crippen LogP contribution in [0, 0.1) is 11.7 Å². The van der Waals surface area contributed by atoms with Crippen LogP contribution in [0.2, 0.25) is 0 Å². The number of piperazine rings is 1. The van der Waals surface area contributed by atoms with Crippen LogP contribution in [0.25, 0.3) is 0 Å². The largest absolute Gasteiger partial charge is 0.497 e. The second-order valence-corrected chi connectivity index (χ2v) is 9.96. The smallest absolute Gasteiger partial charge is 0.254 e. The summed E-state index contributed by atoms with van der Waals surface area (Å²) in [6, 6.07) is 11.6. The summed E-state index contributed by atoms with van der Waals surface area (Å²) in [5.41, 5.74) is 1.49. The van der Waals surface area contributed by atoms with Gasteiger partial charge in [0.05, 0.1) is 14.2 Å². The van der Waals surface area contributed by atoms with Crippen molar-refractivity contribution >= 4 is 11.8 Å². The van der Waals surface area contributed by atoms with E-state index < -0.39 is 0 Å². The minimum Gasteiger partial charge on any atom is -0.497 e. The molecule has 2 fully saturated rings. The Morgan fingerprint density at radius 2 is 1.54 bits per heavy atom. The molecule has 7 nitrogen and oxygen atoms in total. The van der Waals surface area contributed by atoms with Crippen LogP contribution in [-0.2, 0) is 11.3 Å². The zero-order valence-corrected chi connectivity index (χ0v) is 22.0. The standard InChI is InChI=1S/C29H38FN3O4/c1-36-26-18-24(19-27(20-26)37-2)29(35)32-15-12-31(13-16-32)14-17-33(21-22-8-10-25(30)11-9-22)28(34)23-6-4-3-5-7-23/h8-11,18-20,23H,3-7,12-17,21H2,1-2H3. The van der Waals surface area contributed by atoms with Crippen LogP contribution in [0.1, 0.15) is 48.0 Å². The summed E-state index contributed by atoms with van der Waals surface area (Å²) < 4.78 is 24.0. The molecule has 2 aromatic carbocycles. The number of halogens is 1. The van der Waals surface area contributed by atoms with Gasteiger partial charge in [-0.2, -0.15) is 0 Å². The molecule has 1 heterocycles. The van der Waals surface area contributed by atoms with Crippen LogP contribution in [0.4, 0.5) is 4.39 Å². The van der Waals surface area contributed by atoms with Gasteiger partial charge in [-0.3, -0.25) is 14.5 Å². The lowest BCUT2D eigenvalue weighted by Crippen LogP contribution is -2.51. The van der Waals surface area contributed by atoms with Crippen LogP contribution in [-0.4, -0.2) is 80.0 Å². The van der Waals surface area contributed by atoms with Crippen LogP contribution in [0.15, 0.2) is 42.5 Å². The average molecular weight is 512 g/mol. The molecule has 1 aliphatic heterocycles. The summed E-state index contributed by atoms with van der Waals surface area (Å²) in [7, 11) is 3.14. The third-order valence-electron chi connectivity index (χ3n) is 7.50. The molecule has 0 atom stereocenters. The van der Waals surface area contributed by atoms with E-state index in [2.05, 4.69) is 4.90 Å². The summed E-state index contributed by atoms with van der Waals surface area (Å²) in [5, 5.41) is 0. The second-order valence-electron chi connectivity index (χ2n) is 9.96. The van der Waals surface area contributed by atoms with Crippen LogP contribution in [0.3, 0.4) is 0 Å². The number of amides is 2. The Labute approximate surface area is 219 Å². The summed E-state index contributed by atoms with van der Waals surface area (Å²) in [6.07, 6.45) is 5.32. The van der Waals surface area contributed by atoms with E-state index in [4.69, 9.17) is 9.47 Å². The van der Waals surface area contributed by atoms with E-state index in [1.807, 2.05) is 9.80 Å². The molecular weight excluding hydrogens is 473 g/mol. The summed E-state index contributed by atoms with van der Waals surface area (Å²) in [6.45, 7) is 4.58. The van der Waals surface area contributed by atoms with Gasteiger partial charge in [0.25, 0.3) is 5.91 Å². The van der Waals surface area contributed by atoms with E-state index in [9.17, 15) is 14.0 Å². The number of hydrogen-bond acceptors (Lipinski definition) is 5. The van der Waals surface area contributed by atoms with Gasteiger partial charge >= 0.3 is 0 Å². The Morgan fingerprint density at radius 3 is 2.14 bits per heavy atom. The average Bonchev–Trinajstić information content (AvgIpc) is 2.96. The molecule has 1 saturated heterocycles. The first-order chi connectivity index (χ1) is 18.0. The Balaban J connectivity index is 1.34. The zero-order chi connectivity index (χ0) is 26.2. The fourth-order valence-corrected chi connectivity index (χ4v) is 5.24. The predicted octanol–water partition coefficient (Wildman–Crippen LogP) is 4.21. The highest BCUT2D eigenvalue weighted by Crippen LogP contribution is 2.27. The Kier molecular flexibility index (Phi) is 9.39. The number of ether oxygens (including phenoxy) is 2. The first-order valence-corrected chi connectivity index (χ1v) is 13.2. The molecule has 0 N–H and O–H groups in total. The molecule has 2 aliphatic rings. The first kappa shape index (κ1) is 26.9. The number of methoxy groups -OCH3 is 2. The quantitative estimate of drug-likeness (QED) is 0.505. The molecule has 0 aromatic heterocycles. The molecule has 37 heavy (non-hydrogen) atoms. The normalized spacial score (nSPS) is 16.9. The maximum atomic E-state index is 13.4. The lowest BCUT2D eigenvalue weighted by molar-refractivity contribution is -0.137. The zero-order valence-electron chi connectivity index (χ0n) is 22.0. The van der Waals surface area contributed by atoms with Crippen molar-refractivity contribution < 1.29 is 23.5 Å². The van der Waals surface area contributed by atoms with Crippen molar-refractivity contribution in [3.63, 3.8) is 0 Å². The lowest BCUT2D eigenvalue weighted by atomic mass is 9.88. The summed E-state index contributed by atoms with van der Waals surface area (Å²) >= 11 is 0. The van der Waals surface area contributed by atoms with Crippen molar-refractivity contribution in [3.05, 3.63) is 59.4 Å². The molecule has 1 saturated carbocycles. The molecule has 2 amide bonds. The molecule has 2 aromatic rings. The van der Waals surface area contributed by atoms with E-state index in [-0.39, 0.29) is 23.5 Å². The van der Waals surface area contributed by atoms with E-state index in [0.717, 1.165) is 50.9 Å². The molecule has 4 rings (SSSR count). The van der Waals surface area contributed by atoms with E-state index in [1.54, 1.807) is 44.6 Å². The number of hydrogen-bond donors (Lipinski definition) is 0. The lowest BCUT2D eigenvalue weighted by Gasteiger charge is -2.36. The van der Waals surface area contributed by atoms with Gasteiger partial charge in [-0.15, -0.1) is 0 Å². The van der Waals surface area contributed by atoms with Gasteiger partial charge < -0.3 is 19.3 Å². The third-order valence-corrected chi connectivity index (χ3v) is 7.50. The summed E-state index contributed by atoms with van der Waals surface area (Å²) in [4.78, 5) is 32.6. The summed E-state index contributed by atoms with van der Waals surface area (Å²) in [5.74, 6) is 1.17. The van der Waals surface area contributed by atoms with Gasteiger partial charge in [0.1, 0.15) is 17.3 Å². The van der Waals surface area contributed by atoms with E-state index >= 15 is 0 Å². The van der Waals surface area contributed by atoms with Crippen molar-refractivity contribution in [1.29, 1.82) is 0 Å². The number of carbonyl (C=O) groups excluding carboxylic acids is 2. The molecule has 0 unspecified atom stereocenters. The van der Waals surface area contributed by atoms with Gasteiger partial charge in [-0.05, 0) is 42.7 Å². The number of nitrogens with zero attached hydrogens (tertiary/aromatic N) is 3. The maximum absolute atomic E-state index is 13.4. The Bertz CT molecular complexity index is 1030. The first-order valence-electron chi connectivity index (χ1n) is 13.2. The van der Waals surface area contributed by atoms with E-state index in [0.29, 0.717) is 43.2 Å². The Hall–Kier alpha value is -3.13. The molecule has 0 radical (unpaired) electrons. The van der Waals surface area contributed by atoms with Crippen molar-refractivity contribution in [3.8, 4) is 11.5 Å². The molecule has 0 spiro atoms. The molecule has 1 aliphatic carbocycles. The molecular formula is C29H38FN3O4. The maximum Gasteiger partial charge on any atom is 0.254 e. The highest BCUT2D eigenvalue weighted by atomic mass is 19.1. The minimum absolute atomic E-state index is 0.0396. The van der Waals surface area contributed by atoms with Crippen molar-refractivity contribution in [2.45, 2.75) is 38.6 Å². The predicted molar refractivity (Wildman–Crippen MR) is 140 cm³/mol. The third kappa shape index (κ3) is 7.22. The van der Waals surface area contributed by atoms with Gasteiger partial charge in [-0.1, -0.05) is 31.4 Å². The van der Waals surface area contributed by atoms with Crippen LogP contribution >= 0.6 is 0 Å². The highest BCUT2D eigenvalue weighted by Gasteiger charge is 2.28.